The Morgan fingerprint density at radius 3 is 2.81 bits per heavy atom. The van der Waals surface area contributed by atoms with E-state index >= 15 is 0 Å². The van der Waals surface area contributed by atoms with E-state index in [9.17, 15) is 13.6 Å². The molecular formula is C18H22F2N4O2. The number of amides is 2. The number of hydrogen-bond donors (Lipinski definition) is 1. The van der Waals surface area contributed by atoms with Crippen molar-refractivity contribution in [2.75, 3.05) is 18.4 Å². The number of aromatic nitrogens is 2. The van der Waals surface area contributed by atoms with Crippen LogP contribution in [0, 0.1) is 5.92 Å². The minimum absolute atomic E-state index is 0.0233. The first kappa shape index (κ1) is 18.2. The average Bonchev–Trinajstić information content (AvgIpc) is 3.14. The van der Waals surface area contributed by atoms with Crippen molar-refractivity contribution in [2.24, 2.45) is 5.92 Å². The molecule has 1 aliphatic rings. The minimum Gasteiger partial charge on any atom is -0.435 e. The van der Waals surface area contributed by atoms with Crippen LogP contribution in [-0.2, 0) is 6.54 Å². The van der Waals surface area contributed by atoms with E-state index in [0.29, 0.717) is 24.7 Å². The molecule has 0 aliphatic carbocycles. The fourth-order valence-electron chi connectivity index (χ4n) is 3.12. The number of aryl methyl sites for hydroxylation is 1. The van der Waals surface area contributed by atoms with Gasteiger partial charge < -0.3 is 15.0 Å². The maximum Gasteiger partial charge on any atom is 0.387 e. The van der Waals surface area contributed by atoms with Gasteiger partial charge in [-0.25, -0.2) is 4.79 Å². The maximum absolute atomic E-state index is 12.4. The van der Waals surface area contributed by atoms with Gasteiger partial charge in [0.15, 0.2) is 0 Å². The summed E-state index contributed by atoms with van der Waals surface area (Å²) in [5.74, 6) is 0.598. The monoisotopic (exact) mass is 364 g/mol. The summed E-state index contributed by atoms with van der Waals surface area (Å²) in [6, 6.07) is 7.72. The van der Waals surface area contributed by atoms with Gasteiger partial charge in [-0.05, 0) is 43.4 Å². The summed E-state index contributed by atoms with van der Waals surface area (Å²) >= 11 is 0. The zero-order valence-electron chi connectivity index (χ0n) is 14.4. The van der Waals surface area contributed by atoms with Crippen LogP contribution in [0.3, 0.4) is 0 Å². The molecule has 1 N–H and O–H groups in total. The van der Waals surface area contributed by atoms with Crippen molar-refractivity contribution in [1.82, 2.24) is 14.7 Å². The van der Waals surface area contributed by atoms with Gasteiger partial charge in [0, 0.05) is 43.8 Å². The van der Waals surface area contributed by atoms with Crippen molar-refractivity contribution < 1.29 is 18.3 Å². The topological polar surface area (TPSA) is 59.4 Å². The summed E-state index contributed by atoms with van der Waals surface area (Å²) in [5.41, 5.74) is 0.439. The summed E-state index contributed by atoms with van der Waals surface area (Å²) in [6.07, 6.45) is 6.67. The van der Waals surface area contributed by atoms with Gasteiger partial charge in [0.1, 0.15) is 5.75 Å². The number of urea groups is 1. The van der Waals surface area contributed by atoms with Crippen molar-refractivity contribution in [1.29, 1.82) is 0 Å². The Balaban J connectivity index is 1.44. The SMILES string of the molecule is O=C(Nc1cccc(OC(F)F)c1)N1CCC(CCn2cccn2)CC1. The first-order valence-corrected chi connectivity index (χ1v) is 8.68. The number of halogens is 2. The number of carbonyl (C=O) groups excluding carboxylic acids is 1. The number of ether oxygens (including phenoxy) is 1. The normalized spacial score (nSPS) is 15.3. The highest BCUT2D eigenvalue weighted by Crippen LogP contribution is 2.23. The molecule has 8 heteroatoms. The van der Waals surface area contributed by atoms with Gasteiger partial charge in [-0.2, -0.15) is 13.9 Å². The van der Waals surface area contributed by atoms with E-state index in [-0.39, 0.29) is 11.8 Å². The number of nitrogens with one attached hydrogen (secondary N) is 1. The molecule has 26 heavy (non-hydrogen) atoms. The molecule has 0 bridgehead atoms. The lowest BCUT2D eigenvalue weighted by molar-refractivity contribution is -0.0497. The Morgan fingerprint density at radius 1 is 1.31 bits per heavy atom. The van der Waals surface area contributed by atoms with Gasteiger partial charge in [0.25, 0.3) is 0 Å². The highest BCUT2D eigenvalue weighted by Gasteiger charge is 2.22. The standard InChI is InChI=1S/C18H22F2N4O2/c19-17(20)26-16-4-1-3-15(13-16)22-18(25)23-10-5-14(6-11-23)7-12-24-9-2-8-21-24/h1-4,8-9,13-14,17H,5-7,10-12H2,(H,22,25). The van der Waals surface area contributed by atoms with Crippen LogP contribution in [-0.4, -0.2) is 40.4 Å². The van der Waals surface area contributed by atoms with Gasteiger partial charge in [-0.15, -0.1) is 0 Å². The van der Waals surface area contributed by atoms with Crippen molar-refractivity contribution in [2.45, 2.75) is 32.4 Å². The zero-order chi connectivity index (χ0) is 18.4. The number of alkyl halides is 2. The third-order valence-electron chi connectivity index (χ3n) is 4.54. The van der Waals surface area contributed by atoms with Gasteiger partial charge in [-0.3, -0.25) is 4.68 Å². The highest BCUT2D eigenvalue weighted by atomic mass is 19.3. The fourth-order valence-corrected chi connectivity index (χ4v) is 3.12. The predicted molar refractivity (Wildman–Crippen MR) is 93.2 cm³/mol. The molecular weight excluding hydrogens is 342 g/mol. The van der Waals surface area contributed by atoms with E-state index in [2.05, 4.69) is 15.2 Å². The van der Waals surface area contributed by atoms with Crippen LogP contribution in [0.15, 0.2) is 42.7 Å². The second kappa shape index (κ2) is 8.64. The fraction of sp³-hybridized carbons (Fsp3) is 0.444. The lowest BCUT2D eigenvalue weighted by atomic mass is 9.94. The third kappa shape index (κ3) is 5.18. The Labute approximate surface area is 150 Å². The molecule has 2 aromatic rings. The molecule has 0 unspecified atom stereocenters. The maximum atomic E-state index is 12.4. The summed E-state index contributed by atoms with van der Waals surface area (Å²) in [4.78, 5) is 14.1. The molecule has 2 heterocycles. The lowest BCUT2D eigenvalue weighted by Crippen LogP contribution is -2.41. The average molecular weight is 364 g/mol. The largest absolute Gasteiger partial charge is 0.435 e. The third-order valence-corrected chi connectivity index (χ3v) is 4.54. The highest BCUT2D eigenvalue weighted by molar-refractivity contribution is 5.89. The molecule has 1 aromatic heterocycles. The van der Waals surface area contributed by atoms with E-state index in [1.54, 1.807) is 23.2 Å². The molecule has 1 fully saturated rings. The second-order valence-electron chi connectivity index (χ2n) is 6.32. The van der Waals surface area contributed by atoms with E-state index in [4.69, 9.17) is 0 Å². The number of piperidine rings is 1. The smallest absolute Gasteiger partial charge is 0.387 e. The molecule has 0 radical (unpaired) electrons. The van der Waals surface area contributed by atoms with Crippen LogP contribution in [0.2, 0.25) is 0 Å². The Hall–Kier alpha value is -2.64. The van der Waals surface area contributed by atoms with Crippen molar-refractivity contribution in [3.8, 4) is 5.75 Å². The van der Waals surface area contributed by atoms with Gasteiger partial charge in [0.05, 0.1) is 0 Å². The molecule has 0 spiro atoms. The van der Waals surface area contributed by atoms with Crippen LogP contribution >= 0.6 is 0 Å². The minimum atomic E-state index is -2.89. The first-order chi connectivity index (χ1) is 12.6. The van der Waals surface area contributed by atoms with Crippen LogP contribution < -0.4 is 10.1 Å². The Morgan fingerprint density at radius 2 is 2.12 bits per heavy atom. The molecule has 2 amide bonds. The number of benzene rings is 1. The molecule has 1 saturated heterocycles. The second-order valence-corrected chi connectivity index (χ2v) is 6.32. The van der Waals surface area contributed by atoms with Crippen molar-refractivity contribution in [3.63, 3.8) is 0 Å². The summed E-state index contributed by atoms with van der Waals surface area (Å²) in [7, 11) is 0. The van der Waals surface area contributed by atoms with Gasteiger partial charge in [-0.1, -0.05) is 6.07 Å². The summed E-state index contributed by atoms with van der Waals surface area (Å²) < 4.78 is 30.8. The number of hydrogen-bond acceptors (Lipinski definition) is 3. The van der Waals surface area contributed by atoms with Crippen molar-refractivity contribution >= 4 is 11.7 Å². The zero-order valence-corrected chi connectivity index (χ0v) is 14.4. The number of rotatable bonds is 6. The van der Waals surface area contributed by atoms with Crippen LogP contribution in [0.4, 0.5) is 19.3 Å². The van der Waals surface area contributed by atoms with Crippen molar-refractivity contribution in [3.05, 3.63) is 42.7 Å². The molecule has 0 atom stereocenters. The van der Waals surface area contributed by atoms with E-state index in [1.165, 1.54) is 12.1 Å². The summed E-state index contributed by atoms with van der Waals surface area (Å²) in [5, 5.41) is 6.94. The van der Waals surface area contributed by atoms with Gasteiger partial charge in [0.2, 0.25) is 0 Å². The quantitative estimate of drug-likeness (QED) is 0.848. The molecule has 6 nitrogen and oxygen atoms in total. The lowest BCUT2D eigenvalue weighted by Gasteiger charge is -2.32. The predicted octanol–water partition coefficient (Wildman–Crippen LogP) is 3.82. The van der Waals surface area contributed by atoms with E-state index in [0.717, 1.165) is 25.8 Å². The molecule has 140 valence electrons. The number of nitrogens with zero attached hydrogens (tertiary/aromatic N) is 3. The molecule has 1 aromatic carbocycles. The van der Waals surface area contributed by atoms with E-state index in [1.807, 2.05) is 16.9 Å². The molecule has 3 rings (SSSR count). The molecule has 0 saturated carbocycles. The van der Waals surface area contributed by atoms with Crippen LogP contribution in [0.1, 0.15) is 19.3 Å². The van der Waals surface area contributed by atoms with Gasteiger partial charge >= 0.3 is 12.6 Å². The van der Waals surface area contributed by atoms with Crippen LogP contribution in [0.5, 0.6) is 5.75 Å². The number of likely N-dealkylation sites (tertiary alicyclic amines) is 1. The van der Waals surface area contributed by atoms with Crippen LogP contribution in [0.25, 0.3) is 0 Å². The first-order valence-electron chi connectivity index (χ1n) is 8.68. The number of anilines is 1. The summed E-state index contributed by atoms with van der Waals surface area (Å²) in [6.45, 7) is -0.631. The Kier molecular flexibility index (Phi) is 6.04. The molecule has 1 aliphatic heterocycles. The Bertz CT molecular complexity index is 701. The van der Waals surface area contributed by atoms with E-state index < -0.39 is 6.61 Å². The number of carbonyl (C=O) groups is 1.